The van der Waals surface area contributed by atoms with Gasteiger partial charge in [0.2, 0.25) is 0 Å². The number of para-hydroxylation sites is 2. The summed E-state index contributed by atoms with van der Waals surface area (Å²) in [4.78, 5) is 20.9. The zero-order valence-corrected chi connectivity index (χ0v) is 18.9. The molecule has 0 saturated carbocycles. The largest absolute Gasteiger partial charge is 0.457 e. The Morgan fingerprint density at radius 1 is 0.657 bits per heavy atom. The first kappa shape index (κ1) is 23.4. The normalized spacial score (nSPS) is 11.5. The summed E-state index contributed by atoms with van der Waals surface area (Å²) in [5.41, 5.74) is 1.96. The summed E-state index contributed by atoms with van der Waals surface area (Å²) in [6, 6.07) is 27.3. The van der Waals surface area contributed by atoms with Gasteiger partial charge in [-0.05, 0) is 59.9 Å². The molecule has 8 heteroatoms. The second kappa shape index (κ2) is 10.5. The Kier molecular flexibility index (Phi) is 7.02. The van der Waals surface area contributed by atoms with Crippen molar-refractivity contribution < 1.29 is 19.3 Å². The van der Waals surface area contributed by atoms with E-state index < -0.39 is 9.85 Å². The second-order valence-corrected chi connectivity index (χ2v) is 7.96. The molecule has 0 heterocycles. The lowest BCUT2D eigenvalue weighted by molar-refractivity contribution is -0.385. The van der Waals surface area contributed by atoms with Crippen LogP contribution in [0.4, 0.5) is 11.4 Å². The number of non-ortho nitro benzene ring substituents is 2. The highest BCUT2D eigenvalue weighted by atomic mass is 16.6. The van der Waals surface area contributed by atoms with Crippen molar-refractivity contribution in [1.29, 1.82) is 0 Å². The Morgan fingerprint density at radius 2 is 1.11 bits per heavy atom. The summed E-state index contributed by atoms with van der Waals surface area (Å²) in [6.45, 7) is 2.08. The zero-order valence-electron chi connectivity index (χ0n) is 18.9. The van der Waals surface area contributed by atoms with Crippen LogP contribution in [0.1, 0.15) is 24.0 Å². The monoisotopic (exact) mass is 470 g/mol. The molecule has 0 N–H and O–H groups in total. The van der Waals surface area contributed by atoms with E-state index >= 15 is 0 Å². The van der Waals surface area contributed by atoms with Gasteiger partial charge in [-0.1, -0.05) is 43.3 Å². The van der Waals surface area contributed by atoms with Crippen LogP contribution in [0.2, 0.25) is 0 Å². The third-order valence-electron chi connectivity index (χ3n) is 5.50. The number of ether oxygens (including phenoxy) is 2. The molecule has 35 heavy (non-hydrogen) atoms. The van der Waals surface area contributed by atoms with E-state index in [4.69, 9.17) is 9.47 Å². The summed E-state index contributed by atoms with van der Waals surface area (Å²) in [5, 5.41) is 21.8. The Morgan fingerprint density at radius 3 is 1.66 bits per heavy atom. The average Bonchev–Trinajstić information content (AvgIpc) is 2.86. The zero-order chi connectivity index (χ0) is 24.8. The number of benzene rings is 4. The molecule has 4 rings (SSSR count). The molecular formula is C27H22N2O6. The predicted molar refractivity (Wildman–Crippen MR) is 131 cm³/mol. The van der Waals surface area contributed by atoms with E-state index in [2.05, 4.69) is 6.92 Å². The van der Waals surface area contributed by atoms with Crippen LogP contribution in [0.3, 0.4) is 0 Å². The predicted octanol–water partition coefficient (Wildman–Crippen LogP) is 7.43. The molecule has 0 aliphatic carbocycles. The standard InChI is InChI=1S/C27H22N2O6/c1-19(25-7-3-5-9-27(25)35-24-16-12-22(13-17-24)29(32)33)18-20-6-2-4-8-26(20)34-23-14-10-21(11-15-23)28(30)31/h2-17,19H,18H2,1H3. The highest BCUT2D eigenvalue weighted by Gasteiger charge is 2.16. The van der Waals surface area contributed by atoms with Crippen molar-refractivity contribution in [3.8, 4) is 23.0 Å². The molecular weight excluding hydrogens is 448 g/mol. The van der Waals surface area contributed by atoms with E-state index in [1.165, 1.54) is 24.3 Å². The quantitative estimate of drug-likeness (QED) is 0.186. The SMILES string of the molecule is CC(Cc1ccccc1Oc1ccc([N+](=O)[O-])cc1)c1ccccc1Oc1ccc([N+](=O)[O-])cc1. The molecule has 0 spiro atoms. The molecule has 0 radical (unpaired) electrons. The average molecular weight is 470 g/mol. The maximum atomic E-state index is 10.9. The van der Waals surface area contributed by atoms with Gasteiger partial charge in [0, 0.05) is 24.3 Å². The number of nitrogens with zero attached hydrogens (tertiary/aromatic N) is 2. The molecule has 1 unspecified atom stereocenters. The molecule has 8 nitrogen and oxygen atoms in total. The molecule has 0 fully saturated rings. The van der Waals surface area contributed by atoms with Gasteiger partial charge in [0.1, 0.15) is 23.0 Å². The van der Waals surface area contributed by atoms with Gasteiger partial charge < -0.3 is 9.47 Å². The van der Waals surface area contributed by atoms with Crippen LogP contribution in [-0.4, -0.2) is 9.85 Å². The molecule has 0 amide bonds. The van der Waals surface area contributed by atoms with Crippen molar-refractivity contribution in [2.75, 3.05) is 0 Å². The van der Waals surface area contributed by atoms with E-state index in [0.717, 1.165) is 11.1 Å². The van der Waals surface area contributed by atoms with E-state index in [0.29, 0.717) is 29.4 Å². The highest BCUT2D eigenvalue weighted by Crippen LogP contribution is 2.35. The summed E-state index contributed by atoms with van der Waals surface area (Å²) in [6.07, 6.45) is 0.657. The van der Waals surface area contributed by atoms with Crippen LogP contribution in [0.5, 0.6) is 23.0 Å². The maximum absolute atomic E-state index is 10.9. The Hall–Kier alpha value is -4.72. The minimum absolute atomic E-state index is 0.00336. The van der Waals surface area contributed by atoms with Gasteiger partial charge in [-0.2, -0.15) is 0 Å². The molecule has 0 bridgehead atoms. The van der Waals surface area contributed by atoms with Gasteiger partial charge in [-0.3, -0.25) is 20.2 Å². The van der Waals surface area contributed by atoms with Crippen molar-refractivity contribution in [3.05, 3.63) is 128 Å². The molecule has 0 aliphatic heterocycles. The van der Waals surface area contributed by atoms with Crippen LogP contribution in [-0.2, 0) is 6.42 Å². The number of hydrogen-bond donors (Lipinski definition) is 0. The molecule has 0 saturated heterocycles. The number of nitro benzene ring substituents is 2. The molecule has 0 aliphatic rings. The minimum atomic E-state index is -0.449. The topological polar surface area (TPSA) is 105 Å². The van der Waals surface area contributed by atoms with Gasteiger partial charge >= 0.3 is 0 Å². The van der Waals surface area contributed by atoms with Crippen molar-refractivity contribution in [3.63, 3.8) is 0 Å². The molecule has 176 valence electrons. The maximum Gasteiger partial charge on any atom is 0.269 e. The molecule has 0 aromatic heterocycles. The fourth-order valence-corrected chi connectivity index (χ4v) is 3.72. The van der Waals surface area contributed by atoms with Crippen LogP contribution < -0.4 is 9.47 Å². The smallest absolute Gasteiger partial charge is 0.269 e. The van der Waals surface area contributed by atoms with Crippen LogP contribution in [0.25, 0.3) is 0 Å². The van der Waals surface area contributed by atoms with Gasteiger partial charge in [-0.25, -0.2) is 0 Å². The highest BCUT2D eigenvalue weighted by molar-refractivity contribution is 5.45. The Bertz CT molecular complexity index is 1340. The third kappa shape index (κ3) is 5.80. The van der Waals surface area contributed by atoms with Crippen molar-refractivity contribution in [2.45, 2.75) is 19.3 Å². The van der Waals surface area contributed by atoms with Crippen LogP contribution in [0.15, 0.2) is 97.1 Å². The fraction of sp³-hybridized carbons (Fsp3) is 0.111. The Balaban J connectivity index is 1.52. The minimum Gasteiger partial charge on any atom is -0.457 e. The second-order valence-electron chi connectivity index (χ2n) is 7.96. The fourth-order valence-electron chi connectivity index (χ4n) is 3.72. The molecule has 4 aromatic rings. The summed E-state index contributed by atoms with van der Waals surface area (Å²) in [7, 11) is 0. The van der Waals surface area contributed by atoms with Gasteiger partial charge in [0.15, 0.2) is 0 Å². The number of nitro groups is 2. The lowest BCUT2D eigenvalue weighted by Gasteiger charge is -2.18. The number of rotatable bonds is 9. The van der Waals surface area contributed by atoms with Crippen LogP contribution >= 0.6 is 0 Å². The lowest BCUT2D eigenvalue weighted by Crippen LogP contribution is -2.02. The van der Waals surface area contributed by atoms with E-state index in [9.17, 15) is 20.2 Å². The van der Waals surface area contributed by atoms with Gasteiger partial charge in [0.25, 0.3) is 11.4 Å². The van der Waals surface area contributed by atoms with Gasteiger partial charge in [0.05, 0.1) is 9.85 Å². The van der Waals surface area contributed by atoms with E-state index in [1.54, 1.807) is 24.3 Å². The number of hydrogen-bond acceptors (Lipinski definition) is 6. The van der Waals surface area contributed by atoms with Crippen molar-refractivity contribution in [2.24, 2.45) is 0 Å². The summed E-state index contributed by atoms with van der Waals surface area (Å²) >= 11 is 0. The summed E-state index contributed by atoms with van der Waals surface area (Å²) < 4.78 is 12.1. The first-order valence-corrected chi connectivity index (χ1v) is 10.9. The summed E-state index contributed by atoms with van der Waals surface area (Å²) in [5.74, 6) is 2.42. The lowest BCUT2D eigenvalue weighted by atomic mass is 9.92. The van der Waals surface area contributed by atoms with Crippen LogP contribution in [0, 0.1) is 20.2 Å². The third-order valence-corrected chi connectivity index (χ3v) is 5.50. The Labute approximate surface area is 201 Å². The molecule has 1 atom stereocenters. The van der Waals surface area contributed by atoms with Crippen molar-refractivity contribution in [1.82, 2.24) is 0 Å². The van der Waals surface area contributed by atoms with Crippen molar-refractivity contribution >= 4 is 11.4 Å². The van der Waals surface area contributed by atoms with E-state index in [-0.39, 0.29) is 17.3 Å². The first-order valence-electron chi connectivity index (χ1n) is 10.9. The van der Waals surface area contributed by atoms with E-state index in [1.807, 2.05) is 48.5 Å². The molecule has 4 aromatic carbocycles. The first-order chi connectivity index (χ1) is 16.9. The van der Waals surface area contributed by atoms with Gasteiger partial charge in [-0.15, -0.1) is 0 Å².